The van der Waals surface area contributed by atoms with Gasteiger partial charge in [-0.15, -0.1) is 0 Å². The monoisotopic (exact) mass is 479 g/mol. The summed E-state index contributed by atoms with van der Waals surface area (Å²) in [7, 11) is 0. The quantitative estimate of drug-likeness (QED) is 0.294. The third kappa shape index (κ3) is 8.09. The van der Waals surface area contributed by atoms with Crippen LogP contribution in [0, 0.1) is 17.2 Å². The van der Waals surface area contributed by atoms with Gasteiger partial charge in [-0.05, 0) is 86.1 Å². The number of benzene rings is 2. The fourth-order valence-electron chi connectivity index (χ4n) is 4.65. The number of hydrogen-bond acceptors (Lipinski definition) is 4. The molecule has 0 unspecified atom stereocenters. The van der Waals surface area contributed by atoms with Crippen LogP contribution in [0.5, 0.6) is 5.75 Å². The molecular formula is C30H38FNO3. The van der Waals surface area contributed by atoms with Gasteiger partial charge in [-0.25, -0.2) is 9.18 Å². The van der Waals surface area contributed by atoms with Gasteiger partial charge in [-0.2, -0.15) is 5.26 Å². The first kappa shape index (κ1) is 26.7. The molecule has 4 nitrogen and oxygen atoms in total. The molecule has 0 aliphatic heterocycles. The Labute approximate surface area is 209 Å². The maximum atomic E-state index is 13.9. The standard InChI is InChI=1S/C30H38FNO3/c1-3-5-6-28(31)30(33)35-27-16-11-23(12-17-27)8-7-22-9-13-24(14-10-22)25-15-18-29(34-19-4-2)26(20-25)21-32/h9-10,13-15,18,20,23,27-28H,3-8,11-12,16-17,19H2,1-2H3/t23-,27-,28-/m0/s1. The molecule has 1 aliphatic rings. The largest absolute Gasteiger partial charge is 0.492 e. The number of alkyl halides is 1. The number of rotatable bonds is 12. The van der Waals surface area contributed by atoms with Crippen LogP contribution < -0.4 is 4.74 Å². The van der Waals surface area contributed by atoms with E-state index in [4.69, 9.17) is 9.47 Å². The number of esters is 1. The first-order valence-electron chi connectivity index (χ1n) is 13.1. The minimum atomic E-state index is -1.48. The van der Waals surface area contributed by atoms with Crippen molar-refractivity contribution >= 4 is 5.97 Å². The van der Waals surface area contributed by atoms with Crippen LogP contribution in [-0.2, 0) is 16.0 Å². The lowest BCUT2D eigenvalue weighted by Gasteiger charge is -2.28. The normalized spacial score (nSPS) is 18.5. The van der Waals surface area contributed by atoms with E-state index < -0.39 is 12.1 Å². The van der Waals surface area contributed by atoms with Gasteiger partial charge in [0.25, 0.3) is 0 Å². The molecule has 0 aromatic heterocycles. The molecule has 0 spiro atoms. The van der Waals surface area contributed by atoms with Crippen molar-refractivity contribution in [2.24, 2.45) is 5.92 Å². The molecular weight excluding hydrogens is 441 g/mol. The van der Waals surface area contributed by atoms with Gasteiger partial charge in [-0.3, -0.25) is 0 Å². The number of nitriles is 1. The van der Waals surface area contributed by atoms with E-state index in [1.807, 2.05) is 32.0 Å². The smallest absolute Gasteiger partial charge is 0.340 e. The predicted octanol–water partition coefficient (Wildman–Crippen LogP) is 7.58. The lowest BCUT2D eigenvalue weighted by molar-refractivity contribution is -0.157. The van der Waals surface area contributed by atoms with Gasteiger partial charge in [0.1, 0.15) is 17.9 Å². The summed E-state index contributed by atoms with van der Waals surface area (Å²) >= 11 is 0. The summed E-state index contributed by atoms with van der Waals surface area (Å²) in [6.45, 7) is 4.64. The SMILES string of the molecule is CCCC[C@H](F)C(=O)O[C@H]1CC[C@H](CCc2ccc(-c3ccc(OCCC)c(C#N)c3)cc2)CC1. The summed E-state index contributed by atoms with van der Waals surface area (Å²) < 4.78 is 24.9. The van der Waals surface area contributed by atoms with Crippen molar-refractivity contribution in [3.63, 3.8) is 0 Å². The summed E-state index contributed by atoms with van der Waals surface area (Å²) in [6, 6.07) is 16.6. The molecule has 2 aromatic rings. The number of halogens is 1. The van der Waals surface area contributed by atoms with E-state index in [2.05, 4.69) is 30.3 Å². The van der Waals surface area contributed by atoms with E-state index in [0.717, 1.165) is 62.5 Å². The Bertz CT molecular complexity index is 974. The number of hydrogen-bond donors (Lipinski definition) is 0. The van der Waals surface area contributed by atoms with Crippen molar-refractivity contribution < 1.29 is 18.7 Å². The van der Waals surface area contributed by atoms with Crippen LogP contribution >= 0.6 is 0 Å². The summed E-state index contributed by atoms with van der Waals surface area (Å²) in [5, 5.41) is 9.47. The Hall–Kier alpha value is -2.87. The van der Waals surface area contributed by atoms with Crippen molar-refractivity contribution in [3.8, 4) is 22.9 Å². The number of carbonyl (C=O) groups is 1. The van der Waals surface area contributed by atoms with Crippen LogP contribution in [0.2, 0.25) is 0 Å². The highest BCUT2D eigenvalue weighted by Crippen LogP contribution is 2.31. The third-order valence-corrected chi connectivity index (χ3v) is 6.83. The summed E-state index contributed by atoms with van der Waals surface area (Å²) in [6.07, 6.45) is 6.96. The number of unbranched alkanes of at least 4 members (excludes halogenated alkanes) is 1. The molecule has 0 bridgehead atoms. The second-order valence-corrected chi connectivity index (χ2v) is 9.60. The van der Waals surface area contributed by atoms with Crippen molar-refractivity contribution in [2.45, 2.75) is 90.3 Å². The summed E-state index contributed by atoms with van der Waals surface area (Å²) in [4.78, 5) is 11.9. The van der Waals surface area contributed by atoms with Crippen LogP contribution in [0.3, 0.4) is 0 Å². The van der Waals surface area contributed by atoms with E-state index >= 15 is 0 Å². The lowest BCUT2D eigenvalue weighted by atomic mass is 9.83. The average molecular weight is 480 g/mol. The highest BCUT2D eigenvalue weighted by Gasteiger charge is 2.27. The molecule has 5 heteroatoms. The number of ether oxygens (including phenoxy) is 2. The second-order valence-electron chi connectivity index (χ2n) is 9.60. The first-order valence-corrected chi connectivity index (χ1v) is 13.1. The fraction of sp³-hybridized carbons (Fsp3) is 0.533. The zero-order valence-corrected chi connectivity index (χ0v) is 21.1. The highest BCUT2D eigenvalue weighted by molar-refractivity contribution is 5.74. The number of nitrogens with zero attached hydrogens (tertiary/aromatic N) is 1. The van der Waals surface area contributed by atoms with Crippen molar-refractivity contribution in [1.82, 2.24) is 0 Å². The van der Waals surface area contributed by atoms with Gasteiger partial charge in [0.15, 0.2) is 6.17 Å². The molecule has 3 rings (SSSR count). The molecule has 0 heterocycles. The van der Waals surface area contributed by atoms with Gasteiger partial charge < -0.3 is 9.47 Å². The van der Waals surface area contributed by atoms with Crippen LogP contribution in [0.15, 0.2) is 42.5 Å². The van der Waals surface area contributed by atoms with E-state index in [1.165, 1.54) is 5.56 Å². The summed E-state index contributed by atoms with van der Waals surface area (Å²) in [5.74, 6) is 0.576. The van der Waals surface area contributed by atoms with Gasteiger partial charge >= 0.3 is 5.97 Å². The van der Waals surface area contributed by atoms with Gasteiger partial charge in [0.05, 0.1) is 12.2 Å². The van der Waals surface area contributed by atoms with Crippen molar-refractivity contribution in [2.75, 3.05) is 6.61 Å². The summed E-state index contributed by atoms with van der Waals surface area (Å²) in [5.41, 5.74) is 3.95. The van der Waals surface area contributed by atoms with Gasteiger partial charge in [0, 0.05) is 0 Å². The molecule has 188 valence electrons. The number of carbonyl (C=O) groups excluding carboxylic acids is 1. The second kappa shape index (κ2) is 13.9. The third-order valence-electron chi connectivity index (χ3n) is 6.83. The van der Waals surface area contributed by atoms with Crippen LogP contribution in [0.1, 0.15) is 82.8 Å². The molecule has 1 fully saturated rings. The Balaban J connectivity index is 1.45. The van der Waals surface area contributed by atoms with Crippen LogP contribution in [0.4, 0.5) is 4.39 Å². The Morgan fingerprint density at radius 3 is 2.43 bits per heavy atom. The maximum absolute atomic E-state index is 13.9. The highest BCUT2D eigenvalue weighted by atomic mass is 19.1. The Morgan fingerprint density at radius 1 is 1.06 bits per heavy atom. The van der Waals surface area contributed by atoms with Crippen LogP contribution in [-0.4, -0.2) is 24.9 Å². The van der Waals surface area contributed by atoms with E-state index in [1.54, 1.807) is 0 Å². The van der Waals surface area contributed by atoms with Gasteiger partial charge in [-0.1, -0.05) is 57.0 Å². The van der Waals surface area contributed by atoms with E-state index in [0.29, 0.717) is 30.3 Å². The predicted molar refractivity (Wildman–Crippen MR) is 137 cm³/mol. The topological polar surface area (TPSA) is 59.3 Å². The Morgan fingerprint density at radius 2 is 1.77 bits per heavy atom. The molecule has 1 atom stereocenters. The fourth-order valence-corrected chi connectivity index (χ4v) is 4.65. The Kier molecular flexibility index (Phi) is 10.6. The molecule has 0 N–H and O–H groups in total. The molecule has 0 amide bonds. The number of aryl methyl sites for hydroxylation is 1. The zero-order chi connectivity index (χ0) is 25.0. The van der Waals surface area contributed by atoms with Gasteiger partial charge in [0.2, 0.25) is 0 Å². The van der Waals surface area contributed by atoms with Crippen LogP contribution in [0.25, 0.3) is 11.1 Å². The zero-order valence-electron chi connectivity index (χ0n) is 21.1. The minimum absolute atomic E-state index is 0.130. The van der Waals surface area contributed by atoms with Crippen molar-refractivity contribution in [1.29, 1.82) is 5.26 Å². The molecule has 0 radical (unpaired) electrons. The van der Waals surface area contributed by atoms with Crippen molar-refractivity contribution in [3.05, 3.63) is 53.6 Å². The first-order chi connectivity index (χ1) is 17.0. The molecule has 1 saturated carbocycles. The molecule has 0 saturated heterocycles. The maximum Gasteiger partial charge on any atom is 0.340 e. The average Bonchev–Trinajstić information content (AvgIpc) is 2.90. The van der Waals surface area contributed by atoms with E-state index in [-0.39, 0.29) is 12.5 Å². The molecule has 1 aliphatic carbocycles. The molecule has 2 aromatic carbocycles. The van der Waals surface area contributed by atoms with E-state index in [9.17, 15) is 14.4 Å². The minimum Gasteiger partial charge on any atom is -0.492 e. The molecule has 35 heavy (non-hydrogen) atoms. The lowest BCUT2D eigenvalue weighted by Crippen LogP contribution is -2.29.